The Morgan fingerprint density at radius 1 is 1.12 bits per heavy atom. The Morgan fingerprint density at radius 2 is 1.98 bits per heavy atom. The van der Waals surface area contributed by atoms with Gasteiger partial charge in [0.15, 0.2) is 5.82 Å². The van der Waals surface area contributed by atoms with E-state index in [-0.39, 0.29) is 17.7 Å². The maximum atomic E-state index is 13.6. The number of aromatic nitrogens is 5. The van der Waals surface area contributed by atoms with Crippen molar-refractivity contribution >= 4 is 10.9 Å². The van der Waals surface area contributed by atoms with Crippen molar-refractivity contribution in [2.75, 3.05) is 39.9 Å². The van der Waals surface area contributed by atoms with Crippen molar-refractivity contribution in [2.45, 2.75) is 51.4 Å². The highest BCUT2D eigenvalue weighted by Gasteiger charge is 2.33. The minimum Gasteiger partial charge on any atom is -0.496 e. The molecule has 0 radical (unpaired) electrons. The van der Waals surface area contributed by atoms with Gasteiger partial charge in [0.2, 0.25) is 0 Å². The SMILES string of the molecule is CCc1ccc2[nH]c(=O)c([C@H](c3nnnn3C[C@H]3CCCO3)N3CCN(Cc4ccccc4OC)CC3)cc2c1. The van der Waals surface area contributed by atoms with E-state index in [0.717, 1.165) is 75.2 Å². The molecule has 6 rings (SSSR count). The fraction of sp³-hybridized carbons (Fsp3) is 0.467. The van der Waals surface area contributed by atoms with Gasteiger partial charge in [-0.3, -0.25) is 14.6 Å². The van der Waals surface area contributed by atoms with E-state index < -0.39 is 0 Å². The van der Waals surface area contributed by atoms with Gasteiger partial charge in [0.1, 0.15) is 11.8 Å². The Labute approximate surface area is 233 Å². The zero-order valence-corrected chi connectivity index (χ0v) is 23.3. The van der Waals surface area contributed by atoms with E-state index >= 15 is 0 Å². The number of nitrogens with zero attached hydrogens (tertiary/aromatic N) is 6. The van der Waals surface area contributed by atoms with Crippen molar-refractivity contribution in [3.63, 3.8) is 0 Å². The third-order valence-electron chi connectivity index (χ3n) is 8.20. The van der Waals surface area contributed by atoms with Gasteiger partial charge in [-0.05, 0) is 64.9 Å². The van der Waals surface area contributed by atoms with E-state index in [9.17, 15) is 4.79 Å². The fourth-order valence-electron chi connectivity index (χ4n) is 5.97. The van der Waals surface area contributed by atoms with Gasteiger partial charge in [-0.15, -0.1) is 5.10 Å². The summed E-state index contributed by atoms with van der Waals surface area (Å²) in [7, 11) is 1.72. The average Bonchev–Trinajstić information content (AvgIpc) is 3.67. The highest BCUT2D eigenvalue weighted by atomic mass is 16.5. The van der Waals surface area contributed by atoms with Crippen molar-refractivity contribution in [3.8, 4) is 5.75 Å². The monoisotopic (exact) mass is 543 g/mol. The molecule has 210 valence electrons. The molecule has 1 N–H and O–H groups in total. The summed E-state index contributed by atoms with van der Waals surface area (Å²) in [6.07, 6.45) is 3.05. The predicted molar refractivity (Wildman–Crippen MR) is 152 cm³/mol. The molecule has 2 saturated heterocycles. The lowest BCUT2D eigenvalue weighted by Crippen LogP contribution is -2.48. The number of methoxy groups -OCH3 is 1. The standard InChI is InChI=1S/C30H37N7O3/c1-3-21-10-11-26-23(17-21)18-25(30(38)31-26)28(29-32-33-34-37(29)20-24-8-6-16-40-24)36-14-12-35(13-15-36)19-22-7-4-5-9-27(22)39-2/h4-5,7,9-11,17-18,24,28H,3,6,8,12-16,19-20H2,1-2H3,(H,31,38)/t24-,28-/m1/s1. The van der Waals surface area contributed by atoms with Crippen molar-refractivity contribution in [1.82, 2.24) is 35.0 Å². The molecule has 2 atom stereocenters. The van der Waals surface area contributed by atoms with Crippen LogP contribution in [0.4, 0.5) is 0 Å². The average molecular weight is 544 g/mol. The number of aromatic amines is 1. The largest absolute Gasteiger partial charge is 0.496 e. The number of piperazine rings is 1. The highest BCUT2D eigenvalue weighted by Crippen LogP contribution is 2.29. The van der Waals surface area contributed by atoms with E-state index in [1.54, 1.807) is 7.11 Å². The molecular weight excluding hydrogens is 506 g/mol. The Bertz CT molecular complexity index is 1500. The van der Waals surface area contributed by atoms with Crippen LogP contribution in [0.3, 0.4) is 0 Å². The Balaban J connectivity index is 1.32. The van der Waals surface area contributed by atoms with Gasteiger partial charge in [-0.25, -0.2) is 4.68 Å². The summed E-state index contributed by atoms with van der Waals surface area (Å²) in [5, 5.41) is 13.9. The van der Waals surface area contributed by atoms with Crippen LogP contribution >= 0.6 is 0 Å². The number of H-pyrrole nitrogens is 1. The maximum Gasteiger partial charge on any atom is 0.253 e. The number of para-hydroxylation sites is 1. The molecule has 0 bridgehead atoms. The third-order valence-corrected chi connectivity index (χ3v) is 8.20. The summed E-state index contributed by atoms with van der Waals surface area (Å²) in [6, 6.07) is 16.0. The first-order chi connectivity index (χ1) is 19.6. The van der Waals surface area contributed by atoms with Gasteiger partial charge in [0.05, 0.1) is 19.8 Å². The maximum absolute atomic E-state index is 13.6. The summed E-state index contributed by atoms with van der Waals surface area (Å²) >= 11 is 0. The fourth-order valence-corrected chi connectivity index (χ4v) is 5.97. The molecule has 4 aromatic rings. The first-order valence-electron chi connectivity index (χ1n) is 14.2. The van der Waals surface area contributed by atoms with Crippen LogP contribution in [0.5, 0.6) is 5.75 Å². The van der Waals surface area contributed by atoms with Crippen LogP contribution in [0.15, 0.2) is 53.3 Å². The number of aryl methyl sites for hydroxylation is 1. The molecule has 40 heavy (non-hydrogen) atoms. The Hall–Kier alpha value is -3.60. The van der Waals surface area contributed by atoms with Crippen molar-refractivity contribution in [3.05, 3.63) is 81.4 Å². The van der Waals surface area contributed by atoms with E-state index in [1.165, 1.54) is 11.1 Å². The van der Waals surface area contributed by atoms with E-state index in [0.29, 0.717) is 17.9 Å². The summed E-state index contributed by atoms with van der Waals surface area (Å²) in [5.74, 6) is 1.59. The Kier molecular flexibility index (Phi) is 7.90. The molecule has 2 aromatic heterocycles. The first kappa shape index (κ1) is 26.6. The number of tetrazole rings is 1. The molecule has 0 spiro atoms. The lowest BCUT2D eigenvalue weighted by Gasteiger charge is -2.38. The number of hydrogen-bond donors (Lipinski definition) is 1. The van der Waals surface area contributed by atoms with Gasteiger partial charge < -0.3 is 14.5 Å². The highest BCUT2D eigenvalue weighted by molar-refractivity contribution is 5.80. The van der Waals surface area contributed by atoms with Crippen LogP contribution in [-0.4, -0.2) is 81.0 Å². The summed E-state index contributed by atoms with van der Waals surface area (Å²) in [5.41, 5.74) is 3.81. The second kappa shape index (κ2) is 11.9. The van der Waals surface area contributed by atoms with Crippen LogP contribution in [0.1, 0.15) is 48.3 Å². The van der Waals surface area contributed by atoms with E-state index in [1.807, 2.05) is 35.0 Å². The summed E-state index contributed by atoms with van der Waals surface area (Å²) < 4.78 is 13.3. The topological polar surface area (TPSA) is 101 Å². The zero-order valence-electron chi connectivity index (χ0n) is 23.3. The number of rotatable bonds is 9. The van der Waals surface area contributed by atoms with E-state index in [2.05, 4.69) is 55.4 Å². The van der Waals surface area contributed by atoms with Crippen molar-refractivity contribution in [2.24, 2.45) is 0 Å². The van der Waals surface area contributed by atoms with Gasteiger partial charge in [-0.1, -0.05) is 31.2 Å². The van der Waals surface area contributed by atoms with Crippen molar-refractivity contribution in [1.29, 1.82) is 0 Å². The zero-order chi connectivity index (χ0) is 27.5. The number of benzene rings is 2. The quantitative estimate of drug-likeness (QED) is 0.344. The minimum atomic E-state index is -0.372. The molecule has 2 aliphatic heterocycles. The second-order valence-electron chi connectivity index (χ2n) is 10.7. The normalized spacial score (nSPS) is 19.3. The molecule has 0 unspecified atom stereocenters. The molecule has 10 heteroatoms. The molecule has 0 saturated carbocycles. The lowest BCUT2D eigenvalue weighted by molar-refractivity contribution is 0.0838. The number of hydrogen-bond acceptors (Lipinski definition) is 8. The van der Waals surface area contributed by atoms with Crippen molar-refractivity contribution < 1.29 is 9.47 Å². The number of fused-ring (bicyclic) bond motifs is 1. The predicted octanol–water partition coefficient (Wildman–Crippen LogP) is 3.17. The van der Waals surface area contributed by atoms with Crippen LogP contribution < -0.4 is 10.3 Å². The second-order valence-corrected chi connectivity index (χ2v) is 10.7. The number of nitrogens with one attached hydrogen (secondary N) is 1. The number of ether oxygens (including phenoxy) is 2. The third kappa shape index (κ3) is 5.52. The van der Waals surface area contributed by atoms with Crippen LogP contribution in [0, 0.1) is 0 Å². The molecule has 2 aliphatic rings. The summed E-state index contributed by atoms with van der Waals surface area (Å²) in [6.45, 7) is 7.57. The Morgan fingerprint density at radius 3 is 2.75 bits per heavy atom. The van der Waals surface area contributed by atoms with Gasteiger partial charge in [0, 0.05) is 56.0 Å². The molecule has 0 amide bonds. The van der Waals surface area contributed by atoms with Crippen LogP contribution in [-0.2, 0) is 24.2 Å². The van der Waals surface area contributed by atoms with E-state index in [4.69, 9.17) is 9.47 Å². The van der Waals surface area contributed by atoms with Crippen LogP contribution in [0.2, 0.25) is 0 Å². The van der Waals surface area contributed by atoms with Gasteiger partial charge in [-0.2, -0.15) is 0 Å². The molecule has 4 heterocycles. The summed E-state index contributed by atoms with van der Waals surface area (Å²) in [4.78, 5) is 21.5. The molecule has 0 aliphatic carbocycles. The molecule has 10 nitrogen and oxygen atoms in total. The molecule has 2 aromatic carbocycles. The van der Waals surface area contributed by atoms with Gasteiger partial charge >= 0.3 is 0 Å². The first-order valence-corrected chi connectivity index (χ1v) is 14.2. The molecule has 2 fully saturated rings. The minimum absolute atomic E-state index is 0.0857. The smallest absolute Gasteiger partial charge is 0.253 e. The lowest BCUT2D eigenvalue weighted by atomic mass is 10.0. The molecular formula is C30H37N7O3. The number of pyridine rings is 1. The van der Waals surface area contributed by atoms with Gasteiger partial charge in [0.25, 0.3) is 5.56 Å². The van der Waals surface area contributed by atoms with Crippen LogP contribution in [0.25, 0.3) is 10.9 Å².